The maximum absolute atomic E-state index is 12.0. The van der Waals surface area contributed by atoms with Gasteiger partial charge in [0.2, 0.25) is 5.91 Å². The zero-order chi connectivity index (χ0) is 14.5. The lowest BCUT2D eigenvalue weighted by Gasteiger charge is -2.25. The SMILES string of the molecule is CC(C)(C)[C@H](N)C(=O)Nc1cccc(OCCF)c1. The van der Waals surface area contributed by atoms with Crippen molar-refractivity contribution in [2.24, 2.45) is 11.1 Å². The van der Waals surface area contributed by atoms with Gasteiger partial charge in [0, 0.05) is 11.8 Å². The molecule has 5 heteroatoms. The van der Waals surface area contributed by atoms with Crippen molar-refractivity contribution >= 4 is 11.6 Å². The van der Waals surface area contributed by atoms with Gasteiger partial charge in [0.25, 0.3) is 0 Å². The van der Waals surface area contributed by atoms with Crippen LogP contribution in [0.5, 0.6) is 5.75 Å². The van der Waals surface area contributed by atoms with Gasteiger partial charge in [0.1, 0.15) is 19.0 Å². The molecule has 0 heterocycles. The Kier molecular flexibility index (Phi) is 5.30. The molecule has 106 valence electrons. The van der Waals surface area contributed by atoms with Gasteiger partial charge in [-0.3, -0.25) is 4.79 Å². The lowest BCUT2D eigenvalue weighted by molar-refractivity contribution is -0.119. The van der Waals surface area contributed by atoms with Crippen LogP contribution in [0.4, 0.5) is 10.1 Å². The highest BCUT2D eigenvalue weighted by Crippen LogP contribution is 2.21. The van der Waals surface area contributed by atoms with E-state index >= 15 is 0 Å². The van der Waals surface area contributed by atoms with Crippen LogP contribution in [0.15, 0.2) is 24.3 Å². The summed E-state index contributed by atoms with van der Waals surface area (Å²) in [7, 11) is 0. The van der Waals surface area contributed by atoms with Crippen LogP contribution >= 0.6 is 0 Å². The van der Waals surface area contributed by atoms with E-state index in [2.05, 4.69) is 5.32 Å². The third-order valence-corrected chi connectivity index (χ3v) is 2.66. The van der Waals surface area contributed by atoms with Crippen molar-refractivity contribution in [1.82, 2.24) is 0 Å². The summed E-state index contributed by atoms with van der Waals surface area (Å²) in [5, 5.41) is 2.73. The van der Waals surface area contributed by atoms with E-state index in [1.165, 1.54) is 0 Å². The number of anilines is 1. The topological polar surface area (TPSA) is 64.4 Å². The van der Waals surface area contributed by atoms with Gasteiger partial charge in [-0.05, 0) is 17.5 Å². The third kappa shape index (κ3) is 4.87. The molecule has 1 rings (SSSR count). The molecule has 1 atom stereocenters. The standard InChI is InChI=1S/C14H21FN2O2/c1-14(2,3)12(16)13(18)17-10-5-4-6-11(9-10)19-8-7-15/h4-6,9,12H,7-8,16H2,1-3H3,(H,17,18)/t12-/m1/s1. The van der Waals surface area contributed by atoms with Crippen molar-refractivity contribution in [1.29, 1.82) is 0 Å². The summed E-state index contributed by atoms with van der Waals surface area (Å²) in [5.74, 6) is 0.259. The van der Waals surface area contributed by atoms with E-state index in [-0.39, 0.29) is 17.9 Å². The van der Waals surface area contributed by atoms with Gasteiger partial charge in [0.15, 0.2) is 0 Å². The Hall–Kier alpha value is -1.62. The van der Waals surface area contributed by atoms with Crippen LogP contribution in [0.1, 0.15) is 20.8 Å². The van der Waals surface area contributed by atoms with Gasteiger partial charge in [-0.2, -0.15) is 0 Å². The number of hydrogen-bond acceptors (Lipinski definition) is 3. The van der Waals surface area contributed by atoms with Crippen LogP contribution in [-0.4, -0.2) is 25.2 Å². The first kappa shape index (κ1) is 15.4. The van der Waals surface area contributed by atoms with Crippen molar-refractivity contribution in [3.63, 3.8) is 0 Å². The molecule has 1 aromatic carbocycles. The van der Waals surface area contributed by atoms with E-state index in [1.807, 2.05) is 20.8 Å². The minimum Gasteiger partial charge on any atom is -0.491 e. The van der Waals surface area contributed by atoms with Gasteiger partial charge in [-0.1, -0.05) is 26.8 Å². The lowest BCUT2D eigenvalue weighted by Crippen LogP contribution is -2.45. The Bertz CT molecular complexity index is 430. The minimum atomic E-state index is -0.608. The van der Waals surface area contributed by atoms with Crippen molar-refractivity contribution in [2.45, 2.75) is 26.8 Å². The van der Waals surface area contributed by atoms with E-state index in [1.54, 1.807) is 24.3 Å². The molecule has 0 aliphatic carbocycles. The quantitative estimate of drug-likeness (QED) is 0.861. The van der Waals surface area contributed by atoms with Gasteiger partial charge < -0.3 is 15.8 Å². The Morgan fingerprint density at radius 1 is 1.47 bits per heavy atom. The Labute approximate surface area is 113 Å². The number of hydrogen-bond donors (Lipinski definition) is 2. The highest BCUT2D eigenvalue weighted by molar-refractivity contribution is 5.95. The largest absolute Gasteiger partial charge is 0.491 e. The molecule has 0 aliphatic heterocycles. The molecule has 1 amide bonds. The second-order valence-electron chi connectivity index (χ2n) is 5.40. The van der Waals surface area contributed by atoms with E-state index in [0.717, 1.165) is 0 Å². The molecule has 19 heavy (non-hydrogen) atoms. The molecule has 0 fully saturated rings. The molecule has 0 bridgehead atoms. The summed E-state index contributed by atoms with van der Waals surface area (Å²) < 4.78 is 17.2. The van der Waals surface area contributed by atoms with Crippen LogP contribution in [0.3, 0.4) is 0 Å². The number of halogens is 1. The molecule has 4 nitrogen and oxygen atoms in total. The molecule has 1 aromatic rings. The molecule has 0 radical (unpaired) electrons. The second kappa shape index (κ2) is 6.52. The van der Waals surface area contributed by atoms with Gasteiger partial charge in [-0.15, -0.1) is 0 Å². The van der Waals surface area contributed by atoms with Crippen LogP contribution in [0.25, 0.3) is 0 Å². The summed E-state index contributed by atoms with van der Waals surface area (Å²) in [4.78, 5) is 11.9. The first-order chi connectivity index (χ1) is 8.84. The number of carbonyl (C=O) groups is 1. The number of ether oxygens (including phenoxy) is 1. The fourth-order valence-electron chi connectivity index (χ4n) is 1.43. The number of carbonyl (C=O) groups excluding carboxylic acids is 1. The number of alkyl halides is 1. The van der Waals surface area contributed by atoms with Crippen molar-refractivity contribution < 1.29 is 13.9 Å². The average molecular weight is 268 g/mol. The minimum absolute atomic E-state index is 0.00109. The molecule has 0 spiro atoms. The highest BCUT2D eigenvalue weighted by atomic mass is 19.1. The Morgan fingerprint density at radius 3 is 2.74 bits per heavy atom. The number of amides is 1. The highest BCUT2D eigenvalue weighted by Gasteiger charge is 2.27. The van der Waals surface area contributed by atoms with Gasteiger partial charge >= 0.3 is 0 Å². The molecule has 0 saturated carbocycles. The number of nitrogens with one attached hydrogen (secondary N) is 1. The summed E-state index contributed by atoms with van der Waals surface area (Å²) in [6.45, 7) is 5.15. The van der Waals surface area contributed by atoms with Crippen LogP contribution in [-0.2, 0) is 4.79 Å². The predicted octanol–water partition coefficient (Wildman–Crippen LogP) is 2.35. The van der Waals surface area contributed by atoms with Crippen molar-refractivity contribution in [3.8, 4) is 5.75 Å². The molecule has 0 unspecified atom stereocenters. The zero-order valence-electron chi connectivity index (χ0n) is 11.6. The summed E-state index contributed by atoms with van der Waals surface area (Å²) in [6.07, 6.45) is 0. The second-order valence-corrected chi connectivity index (χ2v) is 5.40. The van der Waals surface area contributed by atoms with Gasteiger partial charge in [-0.25, -0.2) is 4.39 Å². The van der Waals surface area contributed by atoms with Crippen LogP contribution in [0, 0.1) is 5.41 Å². The molecule has 3 N–H and O–H groups in total. The zero-order valence-corrected chi connectivity index (χ0v) is 11.6. The first-order valence-corrected chi connectivity index (χ1v) is 6.20. The molecular weight excluding hydrogens is 247 g/mol. The maximum Gasteiger partial charge on any atom is 0.241 e. The molecule has 0 aliphatic rings. The van der Waals surface area contributed by atoms with E-state index in [4.69, 9.17) is 10.5 Å². The van der Waals surface area contributed by atoms with E-state index in [0.29, 0.717) is 11.4 Å². The molecular formula is C14H21FN2O2. The fourth-order valence-corrected chi connectivity index (χ4v) is 1.43. The lowest BCUT2D eigenvalue weighted by atomic mass is 9.87. The average Bonchev–Trinajstić information content (AvgIpc) is 2.34. The fraction of sp³-hybridized carbons (Fsp3) is 0.500. The third-order valence-electron chi connectivity index (χ3n) is 2.66. The summed E-state index contributed by atoms with van der Waals surface area (Å²) >= 11 is 0. The summed E-state index contributed by atoms with van der Waals surface area (Å²) in [5.41, 5.74) is 6.14. The van der Waals surface area contributed by atoms with Crippen molar-refractivity contribution in [3.05, 3.63) is 24.3 Å². The smallest absolute Gasteiger partial charge is 0.241 e. The predicted molar refractivity (Wildman–Crippen MR) is 74.0 cm³/mol. The molecule has 0 saturated heterocycles. The normalized spacial score (nSPS) is 12.9. The van der Waals surface area contributed by atoms with Crippen LogP contribution in [0.2, 0.25) is 0 Å². The number of benzene rings is 1. The number of nitrogens with two attached hydrogens (primary N) is 1. The van der Waals surface area contributed by atoms with Crippen LogP contribution < -0.4 is 15.8 Å². The molecule has 0 aromatic heterocycles. The van der Waals surface area contributed by atoms with E-state index < -0.39 is 12.7 Å². The number of rotatable bonds is 5. The monoisotopic (exact) mass is 268 g/mol. The van der Waals surface area contributed by atoms with Gasteiger partial charge in [0.05, 0.1) is 6.04 Å². The van der Waals surface area contributed by atoms with Crippen molar-refractivity contribution in [2.75, 3.05) is 18.6 Å². The Balaban J connectivity index is 2.69. The first-order valence-electron chi connectivity index (χ1n) is 6.20. The van der Waals surface area contributed by atoms with E-state index in [9.17, 15) is 9.18 Å². The summed E-state index contributed by atoms with van der Waals surface area (Å²) in [6, 6.07) is 6.20. The Morgan fingerprint density at radius 2 is 2.16 bits per heavy atom. The maximum atomic E-state index is 12.0.